The van der Waals surface area contributed by atoms with E-state index in [0.717, 1.165) is 39.7 Å². The minimum Gasteiger partial charge on any atom is -0.456 e. The van der Waals surface area contributed by atoms with Crippen LogP contribution in [-0.2, 0) is 29.6 Å². The van der Waals surface area contributed by atoms with Crippen LogP contribution in [0.25, 0.3) is 33.4 Å². The first-order valence-corrected chi connectivity index (χ1v) is 19.9. The van der Waals surface area contributed by atoms with Crippen LogP contribution in [0.3, 0.4) is 0 Å². The number of hydrogen-bond donors (Lipinski definition) is 2. The van der Waals surface area contributed by atoms with E-state index in [2.05, 4.69) is 16.6 Å². The van der Waals surface area contributed by atoms with Crippen molar-refractivity contribution in [1.82, 2.24) is 4.13 Å². The lowest BCUT2D eigenvalue weighted by Crippen LogP contribution is -2.45. The molecule has 0 saturated carbocycles. The van der Waals surface area contributed by atoms with Crippen LogP contribution in [0.4, 0.5) is 25.8 Å². The second-order valence-corrected chi connectivity index (χ2v) is 16.9. The molecule has 1 aliphatic heterocycles. The molecule has 284 valence electrons. The number of fused-ring (bicyclic) bond motifs is 2. The summed E-state index contributed by atoms with van der Waals surface area (Å²) < 4.78 is 95.4. The van der Waals surface area contributed by atoms with Crippen molar-refractivity contribution < 1.29 is 39.6 Å². The molecule has 0 spiro atoms. The van der Waals surface area contributed by atoms with E-state index in [1.54, 1.807) is 36.4 Å². The van der Waals surface area contributed by atoms with Gasteiger partial charge in [0.25, 0.3) is 20.0 Å². The van der Waals surface area contributed by atoms with Crippen molar-refractivity contribution in [3.63, 3.8) is 0 Å². The summed E-state index contributed by atoms with van der Waals surface area (Å²) >= 11 is 0. The predicted octanol–water partition coefficient (Wildman–Crippen LogP) is 8.73. The Balaban J connectivity index is 1.54. The summed E-state index contributed by atoms with van der Waals surface area (Å²) in [7, 11) is -11.2. The minimum absolute atomic E-state index is 0.00270. The number of nitrogens with zero attached hydrogens (tertiary/aromatic N) is 1. The van der Waals surface area contributed by atoms with Gasteiger partial charge in [-0.1, -0.05) is 65.3 Å². The maximum atomic E-state index is 15.0. The fourth-order valence-electron chi connectivity index (χ4n) is 6.09. The second-order valence-electron chi connectivity index (χ2n) is 13.2. The van der Waals surface area contributed by atoms with Crippen LogP contribution in [0.2, 0.25) is 0 Å². The number of ether oxygens (including phenoxy) is 1. The fourth-order valence-corrected chi connectivity index (χ4v) is 9.03. The van der Waals surface area contributed by atoms with Crippen molar-refractivity contribution in [3.8, 4) is 22.5 Å². The van der Waals surface area contributed by atoms with Crippen molar-refractivity contribution >= 4 is 54.0 Å². The van der Waals surface area contributed by atoms with Gasteiger partial charge in [-0.05, 0) is 87.2 Å². The highest BCUT2D eigenvalue weighted by atomic mass is 32.3. The maximum Gasteiger partial charge on any atom is 0.393 e. The molecule has 0 atom stereocenters. The molecule has 0 amide bonds. The Morgan fingerprint density at radius 1 is 0.818 bits per heavy atom. The number of aryl methyl sites for hydroxylation is 4. The Morgan fingerprint density at radius 3 is 2.11 bits per heavy atom. The van der Waals surface area contributed by atoms with E-state index in [9.17, 15) is 30.4 Å². The molecule has 1 heterocycles. The predicted molar refractivity (Wildman–Crippen MR) is 209 cm³/mol. The van der Waals surface area contributed by atoms with Gasteiger partial charge >= 0.3 is 11.2 Å². The molecule has 0 unspecified atom stereocenters. The van der Waals surface area contributed by atoms with Gasteiger partial charge < -0.3 is 14.5 Å². The molecule has 0 aromatic heterocycles. The van der Waals surface area contributed by atoms with Crippen LogP contribution < -0.4 is 14.8 Å². The number of hydrogen-bond acceptors (Lipinski definition) is 9. The van der Waals surface area contributed by atoms with Gasteiger partial charge in [0.15, 0.2) is 6.61 Å². The van der Waals surface area contributed by atoms with Gasteiger partial charge in [-0.3, -0.25) is 0 Å². The standard InChI is InChI=1S/C41H37F2N3O7S2/c1-24(2)40(47)52-23-41(42,43)55(50,51)46-54(48,49)36-16-8-7-15-33(36)37-31-19-17-29(44-38-25(3)11-9-12-26(38)4)21-34(31)53-35-22-30(18-20-32(35)37)45-39-27(5)13-10-14-28(39)6/h7-22,44,46H,1,23H2,2-6H3. The average molecular weight is 786 g/mol. The van der Waals surface area contributed by atoms with Gasteiger partial charge in [0.2, 0.25) is 0 Å². The molecular weight excluding hydrogens is 749 g/mol. The lowest BCUT2D eigenvalue weighted by molar-refractivity contribution is -0.144. The number of sulfonamides is 2. The summed E-state index contributed by atoms with van der Waals surface area (Å²) in [5.41, 5.74) is 7.12. The summed E-state index contributed by atoms with van der Waals surface area (Å²) in [4.78, 5) is 16.0. The number of esters is 1. The first-order chi connectivity index (χ1) is 25.9. The van der Waals surface area contributed by atoms with Crippen LogP contribution in [0.15, 0.2) is 124 Å². The number of benzene rings is 5. The molecule has 55 heavy (non-hydrogen) atoms. The van der Waals surface area contributed by atoms with Gasteiger partial charge in [-0.2, -0.15) is 8.78 Å². The number of carbonyl (C=O) groups is 1. The lowest BCUT2D eigenvalue weighted by Gasteiger charge is -2.20. The summed E-state index contributed by atoms with van der Waals surface area (Å²) in [6.07, 6.45) is 0. The quantitative estimate of drug-likeness (QED) is 0.0754. The van der Waals surface area contributed by atoms with Crippen molar-refractivity contribution in [3.05, 3.63) is 137 Å². The Labute approximate surface area is 317 Å². The number of carbonyl (C=O) groups excluding carboxylic acids is 1. The molecule has 0 radical (unpaired) electrons. The summed E-state index contributed by atoms with van der Waals surface area (Å²) in [6.45, 7) is 10.4. The highest BCUT2D eigenvalue weighted by Gasteiger charge is 2.49. The molecule has 0 fully saturated rings. The maximum absolute atomic E-state index is 15.0. The number of alkyl halides is 2. The Bertz CT molecular complexity index is 2740. The third-order valence-electron chi connectivity index (χ3n) is 8.91. The number of halogens is 2. The van der Waals surface area contributed by atoms with Crippen LogP contribution in [0.5, 0.6) is 0 Å². The second kappa shape index (κ2) is 14.9. The van der Waals surface area contributed by atoms with E-state index in [1.165, 1.54) is 29.3 Å². The zero-order valence-corrected chi connectivity index (χ0v) is 32.2. The smallest absolute Gasteiger partial charge is 0.393 e. The molecule has 0 saturated heterocycles. The van der Waals surface area contributed by atoms with Crippen LogP contribution in [0, 0.1) is 27.7 Å². The van der Waals surface area contributed by atoms with Crippen LogP contribution in [-0.4, -0.2) is 34.7 Å². The minimum atomic E-state index is -5.97. The third kappa shape index (κ3) is 7.93. The topological polar surface area (TPSA) is 144 Å². The van der Waals surface area contributed by atoms with Crippen molar-refractivity contribution in [2.45, 2.75) is 44.8 Å². The molecule has 10 nitrogen and oxygen atoms in total. The molecule has 6 rings (SSSR count). The van der Waals surface area contributed by atoms with Crippen LogP contribution in [0.1, 0.15) is 29.2 Å². The van der Waals surface area contributed by atoms with E-state index in [-0.39, 0.29) is 11.1 Å². The van der Waals surface area contributed by atoms with E-state index in [1.807, 2.05) is 64.1 Å². The normalized spacial score (nSPS) is 12.6. The van der Waals surface area contributed by atoms with Crippen molar-refractivity contribution in [2.75, 3.05) is 11.9 Å². The first-order valence-electron chi connectivity index (χ1n) is 16.9. The Kier molecular flexibility index (Phi) is 10.5. The van der Waals surface area contributed by atoms with E-state index in [0.29, 0.717) is 38.9 Å². The highest BCUT2D eigenvalue weighted by Crippen LogP contribution is 2.43. The monoisotopic (exact) mass is 785 g/mol. The highest BCUT2D eigenvalue weighted by molar-refractivity contribution is 8.05. The van der Waals surface area contributed by atoms with Gasteiger partial charge in [0.05, 0.1) is 15.9 Å². The fraction of sp³-hybridized carbons (Fsp3) is 0.171. The molecule has 1 aliphatic carbocycles. The molecule has 0 bridgehead atoms. The van der Waals surface area contributed by atoms with Gasteiger partial charge in [-0.25, -0.2) is 26.6 Å². The van der Waals surface area contributed by atoms with Gasteiger partial charge in [0, 0.05) is 51.2 Å². The SMILES string of the molecule is C=C(C)C(=O)OCC(F)(F)S(=O)(=O)NS(=O)(=O)c1ccccc1-c1c2ccc(=Nc3c(C)cccc3C)cc-2oc2cc(Nc3c(C)cccc3C)ccc12. The van der Waals surface area contributed by atoms with Crippen molar-refractivity contribution in [2.24, 2.45) is 4.99 Å². The number of rotatable bonds is 11. The molecule has 4 aromatic carbocycles. The Hall–Kier alpha value is -5.70. The number of nitrogens with one attached hydrogen (secondary N) is 2. The summed E-state index contributed by atoms with van der Waals surface area (Å²) in [5, 5.41) is -0.389. The van der Waals surface area contributed by atoms with Crippen molar-refractivity contribution in [1.29, 1.82) is 0 Å². The van der Waals surface area contributed by atoms with Gasteiger partial charge in [-0.15, -0.1) is 0 Å². The first kappa shape index (κ1) is 39.0. The van der Waals surface area contributed by atoms with E-state index < -0.39 is 42.8 Å². The zero-order chi connectivity index (χ0) is 39.9. The summed E-state index contributed by atoms with van der Waals surface area (Å²) in [6, 6.07) is 27.6. The average Bonchev–Trinajstić information content (AvgIpc) is 3.12. The molecule has 2 N–H and O–H groups in total. The largest absolute Gasteiger partial charge is 0.456 e. The van der Waals surface area contributed by atoms with E-state index >= 15 is 0 Å². The molecule has 2 aliphatic rings. The third-order valence-corrected chi connectivity index (χ3v) is 12.5. The van der Waals surface area contributed by atoms with E-state index in [4.69, 9.17) is 9.41 Å². The van der Waals surface area contributed by atoms with Gasteiger partial charge in [0.1, 0.15) is 11.3 Å². The number of anilines is 2. The lowest BCUT2D eigenvalue weighted by atomic mass is 9.93. The molecule has 14 heteroatoms. The molecular formula is C41H37F2N3O7S2. The Morgan fingerprint density at radius 2 is 1.45 bits per heavy atom. The van der Waals surface area contributed by atoms with Crippen LogP contribution >= 0.6 is 0 Å². The summed E-state index contributed by atoms with van der Waals surface area (Å²) in [5.74, 6) is -0.952. The number of para-hydroxylation sites is 2. The molecule has 4 aromatic rings. The zero-order valence-electron chi connectivity index (χ0n) is 30.5.